The van der Waals surface area contributed by atoms with Gasteiger partial charge in [0, 0.05) is 17.3 Å². The molecule has 0 atom stereocenters. The van der Waals surface area contributed by atoms with Crippen LogP contribution < -0.4 is 0 Å². The lowest BCUT2D eigenvalue weighted by Crippen LogP contribution is -1.95. The van der Waals surface area contributed by atoms with E-state index in [-0.39, 0.29) is 16.0 Å². The molecule has 0 aliphatic heterocycles. The topological polar surface area (TPSA) is 28.7 Å². The number of H-pyrrole nitrogens is 1. The Morgan fingerprint density at radius 3 is 2.35 bits per heavy atom. The molecule has 0 saturated carbocycles. The Hall–Kier alpha value is -1.69. The molecule has 0 aliphatic carbocycles. The fourth-order valence-corrected chi connectivity index (χ4v) is 1.70. The van der Waals surface area contributed by atoms with Gasteiger partial charge in [-0.05, 0) is 31.3 Å². The van der Waals surface area contributed by atoms with Crippen molar-refractivity contribution >= 4 is 12.2 Å². The van der Waals surface area contributed by atoms with E-state index < -0.39 is 17.5 Å². The summed E-state index contributed by atoms with van der Waals surface area (Å²) >= 11 is 4.83. The number of nitrogens with zero attached hydrogens (tertiary/aromatic N) is 1. The van der Waals surface area contributed by atoms with Crippen molar-refractivity contribution in [1.29, 1.82) is 0 Å². The molecule has 6 heteroatoms. The molecular weight excluding hydrogens is 249 g/mol. The largest absolute Gasteiger partial charge is 0.335 e. The second-order valence-electron chi connectivity index (χ2n) is 3.50. The van der Waals surface area contributed by atoms with Crippen LogP contribution in [0.15, 0.2) is 18.2 Å². The van der Waals surface area contributed by atoms with E-state index in [0.717, 1.165) is 6.07 Å². The maximum atomic E-state index is 13.5. The molecule has 0 bridgehead atoms. The van der Waals surface area contributed by atoms with Crippen LogP contribution in [-0.2, 0) is 0 Å². The molecule has 17 heavy (non-hydrogen) atoms. The van der Waals surface area contributed by atoms with Crippen LogP contribution in [0.4, 0.5) is 13.2 Å². The number of nitrogens with one attached hydrogen (secondary N) is 1. The van der Waals surface area contributed by atoms with Crippen LogP contribution in [0.5, 0.6) is 0 Å². The van der Waals surface area contributed by atoms with Gasteiger partial charge < -0.3 is 4.98 Å². The first-order valence-corrected chi connectivity index (χ1v) is 5.11. The molecule has 1 heterocycles. The summed E-state index contributed by atoms with van der Waals surface area (Å²) in [5.41, 5.74) is 0.707. The van der Waals surface area contributed by atoms with Crippen molar-refractivity contribution in [1.82, 2.24) is 9.97 Å². The molecule has 1 aromatic carbocycles. The SMILES string of the molecule is Cc1cc(-c2cc(F)c(F)cc2F)nc(=S)[nH]1. The van der Waals surface area contributed by atoms with E-state index in [2.05, 4.69) is 9.97 Å². The molecule has 0 fully saturated rings. The van der Waals surface area contributed by atoms with Crippen molar-refractivity contribution in [3.05, 3.63) is 46.1 Å². The Labute approximate surface area is 100 Å². The van der Waals surface area contributed by atoms with E-state index in [1.807, 2.05) is 0 Å². The zero-order valence-electron chi connectivity index (χ0n) is 8.72. The van der Waals surface area contributed by atoms with Crippen molar-refractivity contribution in [2.75, 3.05) is 0 Å². The molecule has 0 amide bonds. The summed E-state index contributed by atoms with van der Waals surface area (Å²) in [5, 5.41) is 0. The Kier molecular flexibility index (Phi) is 2.97. The molecule has 0 radical (unpaired) electrons. The van der Waals surface area contributed by atoms with Crippen LogP contribution in [0.25, 0.3) is 11.3 Å². The first-order valence-electron chi connectivity index (χ1n) is 4.70. The third-order valence-electron chi connectivity index (χ3n) is 2.17. The van der Waals surface area contributed by atoms with Crippen LogP contribution in [0.1, 0.15) is 5.69 Å². The highest BCUT2D eigenvalue weighted by molar-refractivity contribution is 7.71. The number of aryl methyl sites for hydroxylation is 1. The first-order chi connectivity index (χ1) is 7.97. The second kappa shape index (κ2) is 4.29. The van der Waals surface area contributed by atoms with Crippen molar-refractivity contribution in [3.8, 4) is 11.3 Å². The minimum absolute atomic E-state index is 0.118. The van der Waals surface area contributed by atoms with Gasteiger partial charge in [-0.3, -0.25) is 0 Å². The van der Waals surface area contributed by atoms with Crippen LogP contribution in [0.2, 0.25) is 0 Å². The molecule has 1 aromatic heterocycles. The van der Waals surface area contributed by atoms with Crippen LogP contribution in [0.3, 0.4) is 0 Å². The lowest BCUT2D eigenvalue weighted by Gasteiger charge is -2.04. The summed E-state index contributed by atoms with van der Waals surface area (Å²) in [6.45, 7) is 1.71. The number of hydrogen-bond acceptors (Lipinski definition) is 2. The predicted molar refractivity (Wildman–Crippen MR) is 59.5 cm³/mol. The molecular formula is C11H7F3N2S. The van der Waals surface area contributed by atoms with Crippen LogP contribution in [-0.4, -0.2) is 9.97 Å². The maximum absolute atomic E-state index is 13.5. The molecule has 2 nitrogen and oxygen atoms in total. The highest BCUT2D eigenvalue weighted by Crippen LogP contribution is 2.23. The van der Waals surface area contributed by atoms with Gasteiger partial charge in [0.15, 0.2) is 16.4 Å². The molecule has 2 rings (SSSR count). The van der Waals surface area contributed by atoms with Gasteiger partial charge in [0.1, 0.15) is 5.82 Å². The summed E-state index contributed by atoms with van der Waals surface area (Å²) in [6.07, 6.45) is 0. The van der Waals surface area contributed by atoms with E-state index in [1.165, 1.54) is 6.07 Å². The molecule has 0 saturated heterocycles. The van der Waals surface area contributed by atoms with Gasteiger partial charge in [0.2, 0.25) is 0 Å². The van der Waals surface area contributed by atoms with Crippen molar-refractivity contribution in [3.63, 3.8) is 0 Å². The van der Waals surface area contributed by atoms with Crippen LogP contribution >= 0.6 is 12.2 Å². The molecule has 0 aliphatic rings. The molecule has 0 unspecified atom stereocenters. The van der Waals surface area contributed by atoms with E-state index in [9.17, 15) is 13.2 Å². The van der Waals surface area contributed by atoms with E-state index in [1.54, 1.807) is 6.92 Å². The van der Waals surface area contributed by atoms with E-state index in [0.29, 0.717) is 11.8 Å². The van der Waals surface area contributed by atoms with Gasteiger partial charge in [0.25, 0.3) is 0 Å². The van der Waals surface area contributed by atoms with Gasteiger partial charge in [-0.15, -0.1) is 0 Å². The second-order valence-corrected chi connectivity index (χ2v) is 3.89. The van der Waals surface area contributed by atoms with Gasteiger partial charge in [-0.25, -0.2) is 18.2 Å². The number of benzene rings is 1. The van der Waals surface area contributed by atoms with Crippen molar-refractivity contribution < 1.29 is 13.2 Å². The fourth-order valence-electron chi connectivity index (χ4n) is 1.44. The quantitative estimate of drug-likeness (QED) is 0.624. The van der Waals surface area contributed by atoms with Crippen molar-refractivity contribution in [2.45, 2.75) is 6.92 Å². The molecule has 88 valence electrons. The van der Waals surface area contributed by atoms with E-state index >= 15 is 0 Å². The number of halogens is 3. The molecule has 0 spiro atoms. The molecule has 1 N–H and O–H groups in total. The Bertz CT molecular complexity index is 637. The van der Waals surface area contributed by atoms with Crippen molar-refractivity contribution in [2.24, 2.45) is 0 Å². The standard InChI is InChI=1S/C11H7F3N2S/c1-5-2-10(16-11(17)15-5)6-3-8(13)9(14)4-7(6)12/h2-4H,1H3,(H,15,16,17). The Morgan fingerprint density at radius 1 is 1.06 bits per heavy atom. The zero-order valence-corrected chi connectivity index (χ0v) is 9.54. The monoisotopic (exact) mass is 256 g/mol. The number of aromatic nitrogens is 2. The zero-order chi connectivity index (χ0) is 12.6. The lowest BCUT2D eigenvalue weighted by molar-refractivity contribution is 0.496. The summed E-state index contributed by atoms with van der Waals surface area (Å²) in [7, 11) is 0. The normalized spacial score (nSPS) is 10.6. The first kappa shape index (κ1) is 11.8. The lowest BCUT2D eigenvalue weighted by atomic mass is 10.1. The average Bonchev–Trinajstić information content (AvgIpc) is 2.22. The van der Waals surface area contributed by atoms with Gasteiger partial charge >= 0.3 is 0 Å². The van der Waals surface area contributed by atoms with Gasteiger partial charge in [0.05, 0.1) is 5.69 Å². The highest BCUT2D eigenvalue weighted by Gasteiger charge is 2.12. The Morgan fingerprint density at radius 2 is 1.71 bits per heavy atom. The number of hydrogen-bond donors (Lipinski definition) is 1. The average molecular weight is 256 g/mol. The Balaban J connectivity index is 2.68. The number of rotatable bonds is 1. The number of aromatic amines is 1. The third-order valence-corrected chi connectivity index (χ3v) is 2.36. The van der Waals surface area contributed by atoms with Gasteiger partial charge in [-0.1, -0.05) is 0 Å². The predicted octanol–water partition coefficient (Wildman–Crippen LogP) is 3.53. The van der Waals surface area contributed by atoms with E-state index in [4.69, 9.17) is 12.2 Å². The third kappa shape index (κ3) is 2.36. The smallest absolute Gasteiger partial charge is 0.197 e. The fraction of sp³-hybridized carbons (Fsp3) is 0.0909. The maximum Gasteiger partial charge on any atom is 0.197 e. The highest BCUT2D eigenvalue weighted by atomic mass is 32.1. The van der Waals surface area contributed by atoms with Crippen LogP contribution in [0, 0.1) is 29.1 Å². The minimum atomic E-state index is -1.23. The summed E-state index contributed by atoms with van der Waals surface area (Å²) in [4.78, 5) is 6.61. The van der Waals surface area contributed by atoms with Gasteiger partial charge in [-0.2, -0.15) is 0 Å². The minimum Gasteiger partial charge on any atom is -0.335 e. The summed E-state index contributed by atoms with van der Waals surface area (Å²) < 4.78 is 39.5. The summed E-state index contributed by atoms with van der Waals surface area (Å²) in [5.74, 6) is -3.24. The summed E-state index contributed by atoms with van der Waals surface area (Å²) in [6, 6.07) is 2.76. The molecule has 2 aromatic rings.